The predicted octanol–water partition coefficient (Wildman–Crippen LogP) is 1.79. The van der Waals surface area contributed by atoms with E-state index in [4.69, 9.17) is 4.74 Å². The van der Waals surface area contributed by atoms with Crippen molar-refractivity contribution >= 4 is 17.7 Å². The van der Waals surface area contributed by atoms with Crippen molar-refractivity contribution in [2.24, 2.45) is 0 Å². The molecule has 1 fully saturated rings. The molecule has 1 amide bonds. The van der Waals surface area contributed by atoms with Gasteiger partial charge in [0.1, 0.15) is 11.5 Å². The minimum atomic E-state index is -0.814. The molecule has 0 aromatic heterocycles. The van der Waals surface area contributed by atoms with Gasteiger partial charge in [0.2, 0.25) is 0 Å². The second-order valence-electron chi connectivity index (χ2n) is 6.79. The zero-order valence-electron chi connectivity index (χ0n) is 14.9. The topological polar surface area (TPSA) is 75.7 Å². The molecule has 0 saturated carbocycles. The van der Waals surface area contributed by atoms with Gasteiger partial charge in [0.25, 0.3) is 5.91 Å². The molecule has 2 aliphatic heterocycles. The van der Waals surface area contributed by atoms with E-state index in [1.165, 1.54) is 25.3 Å². The van der Waals surface area contributed by atoms with Crippen molar-refractivity contribution in [2.75, 3.05) is 20.2 Å². The summed E-state index contributed by atoms with van der Waals surface area (Å²) in [4.78, 5) is 40.0. The molecule has 1 N–H and O–H groups in total. The van der Waals surface area contributed by atoms with E-state index in [1.54, 1.807) is 11.0 Å². The molecule has 0 radical (unpaired) electrons. The molecule has 0 bridgehead atoms. The third kappa shape index (κ3) is 2.74. The zero-order valence-corrected chi connectivity index (χ0v) is 14.9. The fourth-order valence-electron chi connectivity index (χ4n) is 4.22. The second kappa shape index (κ2) is 6.64. The van der Waals surface area contributed by atoms with Crippen LogP contribution in [0.4, 0.5) is 4.39 Å². The average molecular weight is 370 g/mol. The van der Waals surface area contributed by atoms with Gasteiger partial charge in [-0.3, -0.25) is 9.59 Å². The standard InChI is InChI=1S/C20H19FN2O4/c1-27-20(26)17-15(11-4-2-5-12(21)10-11)16-13(6-3-7-14(16)24)23-9-8-22-19(25)18(17)23/h2,4-5,10,15H,3,6-9H2,1H3,(H,22,25)/t15-/m1/s1. The number of amides is 1. The number of fused-ring (bicyclic) bond motifs is 2. The maximum Gasteiger partial charge on any atom is 0.337 e. The maximum atomic E-state index is 13.9. The van der Waals surface area contributed by atoms with Gasteiger partial charge in [0.05, 0.1) is 12.7 Å². The highest BCUT2D eigenvalue weighted by atomic mass is 19.1. The molecule has 1 aromatic rings. The summed E-state index contributed by atoms with van der Waals surface area (Å²) >= 11 is 0. The Morgan fingerprint density at radius 1 is 1.30 bits per heavy atom. The Kier molecular flexibility index (Phi) is 4.30. The minimum absolute atomic E-state index is 0.0723. The number of hydrogen-bond acceptors (Lipinski definition) is 5. The molecule has 1 atom stereocenters. The number of allylic oxidation sites excluding steroid dienone is 2. The number of piperazine rings is 1. The van der Waals surface area contributed by atoms with Gasteiger partial charge in [-0.25, -0.2) is 9.18 Å². The molecule has 1 aliphatic carbocycles. The Morgan fingerprint density at radius 2 is 2.11 bits per heavy atom. The number of hydrogen-bond donors (Lipinski definition) is 1. The van der Waals surface area contributed by atoms with E-state index in [0.29, 0.717) is 43.5 Å². The minimum Gasteiger partial charge on any atom is -0.466 e. The van der Waals surface area contributed by atoms with Crippen molar-refractivity contribution in [3.05, 3.63) is 58.2 Å². The number of benzene rings is 1. The van der Waals surface area contributed by atoms with Crippen LogP contribution in [-0.4, -0.2) is 42.8 Å². The summed E-state index contributed by atoms with van der Waals surface area (Å²) in [6.07, 6.45) is 1.69. The van der Waals surface area contributed by atoms with Crippen LogP contribution in [0, 0.1) is 5.82 Å². The van der Waals surface area contributed by atoms with E-state index in [2.05, 4.69) is 5.32 Å². The number of carbonyl (C=O) groups is 3. The molecule has 0 unspecified atom stereocenters. The molecule has 1 saturated heterocycles. The molecule has 140 valence electrons. The number of rotatable bonds is 2. The molecule has 7 heteroatoms. The van der Waals surface area contributed by atoms with Gasteiger partial charge in [-0.2, -0.15) is 0 Å². The van der Waals surface area contributed by atoms with Crippen molar-refractivity contribution in [2.45, 2.75) is 25.2 Å². The van der Waals surface area contributed by atoms with E-state index in [-0.39, 0.29) is 23.0 Å². The monoisotopic (exact) mass is 370 g/mol. The van der Waals surface area contributed by atoms with Crippen LogP contribution in [0.15, 0.2) is 46.8 Å². The first-order valence-corrected chi connectivity index (χ1v) is 8.93. The Hall–Kier alpha value is -2.96. The highest BCUT2D eigenvalue weighted by Crippen LogP contribution is 2.46. The number of nitrogens with one attached hydrogen (secondary N) is 1. The molecule has 2 heterocycles. The molecule has 6 nitrogen and oxygen atoms in total. The van der Waals surface area contributed by atoms with Crippen molar-refractivity contribution in [3.8, 4) is 0 Å². The van der Waals surface area contributed by atoms with Crippen LogP contribution < -0.4 is 5.32 Å². The van der Waals surface area contributed by atoms with E-state index >= 15 is 0 Å². The second-order valence-corrected chi connectivity index (χ2v) is 6.79. The van der Waals surface area contributed by atoms with Gasteiger partial charge in [-0.15, -0.1) is 0 Å². The highest BCUT2D eigenvalue weighted by molar-refractivity contribution is 6.09. The lowest BCUT2D eigenvalue weighted by atomic mass is 9.74. The highest BCUT2D eigenvalue weighted by Gasteiger charge is 2.45. The van der Waals surface area contributed by atoms with Crippen LogP contribution in [0.2, 0.25) is 0 Å². The van der Waals surface area contributed by atoms with E-state index in [1.807, 2.05) is 0 Å². The first-order chi connectivity index (χ1) is 13.0. The molecule has 0 spiro atoms. The summed E-state index contributed by atoms with van der Waals surface area (Å²) in [6, 6.07) is 5.80. The molecule has 4 rings (SSSR count). The summed E-state index contributed by atoms with van der Waals surface area (Å²) in [5.74, 6) is -2.43. The van der Waals surface area contributed by atoms with Crippen LogP contribution in [0.25, 0.3) is 0 Å². The van der Waals surface area contributed by atoms with Crippen LogP contribution in [0.3, 0.4) is 0 Å². The zero-order chi connectivity index (χ0) is 19.1. The number of halogens is 1. The first kappa shape index (κ1) is 17.5. The number of Topliss-reactive ketones (excluding diaryl/α,β-unsaturated/α-hetero) is 1. The van der Waals surface area contributed by atoms with Crippen molar-refractivity contribution in [1.82, 2.24) is 10.2 Å². The summed E-state index contributed by atoms with van der Waals surface area (Å²) in [5.41, 5.74) is 2.00. The van der Waals surface area contributed by atoms with Gasteiger partial charge in [-0.05, 0) is 30.5 Å². The summed E-state index contributed by atoms with van der Waals surface area (Å²) in [7, 11) is 1.23. The number of ether oxygens (including phenoxy) is 1. The maximum absolute atomic E-state index is 13.9. The van der Waals surface area contributed by atoms with Gasteiger partial charge in [-0.1, -0.05) is 12.1 Å². The van der Waals surface area contributed by atoms with E-state index in [9.17, 15) is 18.8 Å². The summed E-state index contributed by atoms with van der Waals surface area (Å²) in [5, 5.41) is 2.75. The third-order valence-corrected chi connectivity index (χ3v) is 5.28. The fraction of sp³-hybridized carbons (Fsp3) is 0.350. The Bertz CT molecular complexity index is 918. The third-order valence-electron chi connectivity index (χ3n) is 5.28. The molecule has 3 aliphatic rings. The Morgan fingerprint density at radius 3 is 2.85 bits per heavy atom. The Labute approximate surface area is 155 Å². The van der Waals surface area contributed by atoms with E-state index in [0.717, 1.165) is 5.70 Å². The number of nitrogens with zero attached hydrogens (tertiary/aromatic N) is 1. The number of carbonyl (C=O) groups excluding carboxylic acids is 3. The lowest BCUT2D eigenvalue weighted by Gasteiger charge is -2.43. The molecule has 1 aromatic carbocycles. The molecule has 27 heavy (non-hydrogen) atoms. The lowest BCUT2D eigenvalue weighted by molar-refractivity contribution is -0.137. The normalized spacial score (nSPS) is 22.3. The quantitative estimate of drug-likeness (QED) is 0.804. The molecular formula is C20H19FN2O4. The molecular weight excluding hydrogens is 351 g/mol. The van der Waals surface area contributed by atoms with Gasteiger partial charge in [0, 0.05) is 36.7 Å². The van der Waals surface area contributed by atoms with Crippen LogP contribution >= 0.6 is 0 Å². The van der Waals surface area contributed by atoms with Crippen molar-refractivity contribution < 1.29 is 23.5 Å². The van der Waals surface area contributed by atoms with Crippen LogP contribution in [0.5, 0.6) is 0 Å². The van der Waals surface area contributed by atoms with Gasteiger partial charge >= 0.3 is 5.97 Å². The number of methoxy groups -OCH3 is 1. The smallest absolute Gasteiger partial charge is 0.337 e. The number of esters is 1. The fourth-order valence-corrected chi connectivity index (χ4v) is 4.22. The Balaban J connectivity index is 2.02. The van der Waals surface area contributed by atoms with Crippen LogP contribution in [-0.2, 0) is 19.1 Å². The number of ketones is 1. The summed E-state index contributed by atoms with van der Waals surface area (Å²) < 4.78 is 18.9. The van der Waals surface area contributed by atoms with Crippen molar-refractivity contribution in [3.63, 3.8) is 0 Å². The van der Waals surface area contributed by atoms with Gasteiger partial charge < -0.3 is 15.0 Å². The average Bonchev–Trinajstić information content (AvgIpc) is 2.67. The SMILES string of the molecule is COC(=O)C1=C2C(=O)NCCN2C2=C(C(=O)CCC2)[C@H]1c1cccc(F)c1. The largest absolute Gasteiger partial charge is 0.466 e. The van der Waals surface area contributed by atoms with Gasteiger partial charge in [0.15, 0.2) is 5.78 Å². The first-order valence-electron chi connectivity index (χ1n) is 8.93. The summed E-state index contributed by atoms with van der Waals surface area (Å²) in [6.45, 7) is 0.899. The predicted molar refractivity (Wildman–Crippen MR) is 93.8 cm³/mol. The van der Waals surface area contributed by atoms with Crippen molar-refractivity contribution in [1.29, 1.82) is 0 Å². The van der Waals surface area contributed by atoms with E-state index < -0.39 is 17.7 Å². The lowest BCUT2D eigenvalue weighted by Crippen LogP contribution is -2.50. The van der Waals surface area contributed by atoms with Crippen LogP contribution in [0.1, 0.15) is 30.7 Å².